The van der Waals surface area contributed by atoms with Gasteiger partial charge in [-0.3, -0.25) is 4.79 Å². The second-order valence-corrected chi connectivity index (χ2v) is 3.49. The maximum atomic E-state index is 10.6. The molecule has 0 saturated heterocycles. The van der Waals surface area contributed by atoms with E-state index in [2.05, 4.69) is 5.32 Å². The number of hydrogen-bond donors (Lipinski definition) is 2. The SMILES string of the molecule is O=CN[C@@H](Cc1cccs1)C(=O)O. The van der Waals surface area contributed by atoms with Crippen LogP contribution in [0, 0.1) is 0 Å². The first kappa shape index (κ1) is 9.73. The molecule has 1 rings (SSSR count). The van der Waals surface area contributed by atoms with Crippen molar-refractivity contribution in [1.29, 1.82) is 0 Å². The smallest absolute Gasteiger partial charge is 0.326 e. The fraction of sp³-hybridized carbons (Fsp3) is 0.250. The van der Waals surface area contributed by atoms with Crippen LogP contribution in [-0.2, 0) is 16.0 Å². The second-order valence-electron chi connectivity index (χ2n) is 2.46. The molecule has 0 aliphatic heterocycles. The minimum Gasteiger partial charge on any atom is -0.480 e. The van der Waals surface area contributed by atoms with Gasteiger partial charge in [0.1, 0.15) is 6.04 Å². The summed E-state index contributed by atoms with van der Waals surface area (Å²) < 4.78 is 0. The summed E-state index contributed by atoms with van der Waals surface area (Å²) in [4.78, 5) is 21.6. The average molecular weight is 199 g/mol. The van der Waals surface area contributed by atoms with Gasteiger partial charge in [0.15, 0.2) is 0 Å². The van der Waals surface area contributed by atoms with Crippen LogP contribution in [0.2, 0.25) is 0 Å². The Morgan fingerprint density at radius 3 is 3.00 bits per heavy atom. The molecule has 1 heterocycles. The van der Waals surface area contributed by atoms with E-state index in [9.17, 15) is 9.59 Å². The molecule has 0 unspecified atom stereocenters. The van der Waals surface area contributed by atoms with E-state index in [4.69, 9.17) is 5.11 Å². The minimum atomic E-state index is -1.01. The van der Waals surface area contributed by atoms with Crippen LogP contribution in [0.3, 0.4) is 0 Å². The Kier molecular flexibility index (Phi) is 3.45. The molecule has 0 bridgehead atoms. The molecule has 5 heteroatoms. The molecule has 1 aromatic rings. The van der Waals surface area contributed by atoms with Gasteiger partial charge in [0.2, 0.25) is 6.41 Å². The van der Waals surface area contributed by atoms with Gasteiger partial charge in [-0.25, -0.2) is 4.79 Å². The topological polar surface area (TPSA) is 66.4 Å². The molecule has 2 N–H and O–H groups in total. The highest BCUT2D eigenvalue weighted by molar-refractivity contribution is 7.09. The predicted octanol–water partition coefficient (Wildman–Crippen LogP) is 0.490. The van der Waals surface area contributed by atoms with Crippen molar-refractivity contribution in [3.8, 4) is 0 Å². The summed E-state index contributed by atoms with van der Waals surface area (Å²) in [6, 6.07) is 2.86. The normalized spacial score (nSPS) is 12.0. The molecular weight excluding hydrogens is 190 g/mol. The Morgan fingerprint density at radius 2 is 2.54 bits per heavy atom. The maximum absolute atomic E-state index is 10.6. The number of rotatable bonds is 5. The highest BCUT2D eigenvalue weighted by Gasteiger charge is 2.16. The molecule has 13 heavy (non-hydrogen) atoms. The lowest BCUT2D eigenvalue weighted by molar-refractivity contribution is -0.140. The Labute approximate surface area is 79.2 Å². The molecule has 0 aliphatic rings. The third kappa shape index (κ3) is 2.87. The van der Waals surface area contributed by atoms with Gasteiger partial charge in [0.25, 0.3) is 0 Å². The van der Waals surface area contributed by atoms with Crippen LogP contribution in [0.25, 0.3) is 0 Å². The number of thiophene rings is 1. The largest absolute Gasteiger partial charge is 0.480 e. The van der Waals surface area contributed by atoms with Gasteiger partial charge < -0.3 is 10.4 Å². The summed E-state index contributed by atoms with van der Waals surface area (Å²) in [5, 5.41) is 12.8. The third-order valence-electron chi connectivity index (χ3n) is 1.55. The average Bonchev–Trinajstić information content (AvgIpc) is 2.56. The number of carboxylic acids is 1. The van der Waals surface area contributed by atoms with Crippen LogP contribution >= 0.6 is 11.3 Å². The van der Waals surface area contributed by atoms with Crippen molar-refractivity contribution in [1.82, 2.24) is 5.32 Å². The Balaban J connectivity index is 2.57. The summed E-state index contributed by atoms with van der Waals surface area (Å²) in [6.07, 6.45) is 0.748. The number of aliphatic carboxylic acids is 1. The van der Waals surface area contributed by atoms with Crippen molar-refractivity contribution in [3.05, 3.63) is 22.4 Å². The molecular formula is C8H9NO3S. The van der Waals surface area contributed by atoms with E-state index in [1.807, 2.05) is 17.5 Å². The van der Waals surface area contributed by atoms with Crippen molar-refractivity contribution in [3.63, 3.8) is 0 Å². The van der Waals surface area contributed by atoms with Crippen LogP contribution < -0.4 is 5.32 Å². The summed E-state index contributed by atoms with van der Waals surface area (Å²) in [5.41, 5.74) is 0. The molecule has 70 valence electrons. The van der Waals surface area contributed by atoms with E-state index in [1.165, 1.54) is 11.3 Å². The summed E-state index contributed by atoms with van der Waals surface area (Å²) in [6.45, 7) is 0. The second kappa shape index (κ2) is 4.61. The number of nitrogens with one attached hydrogen (secondary N) is 1. The van der Waals surface area contributed by atoms with Gasteiger partial charge in [-0.2, -0.15) is 0 Å². The van der Waals surface area contributed by atoms with Gasteiger partial charge in [-0.15, -0.1) is 11.3 Å². The molecule has 0 aliphatic carbocycles. The van der Waals surface area contributed by atoms with Crippen LogP contribution in [0.15, 0.2) is 17.5 Å². The van der Waals surface area contributed by atoms with Gasteiger partial charge >= 0.3 is 5.97 Å². The molecule has 0 aromatic carbocycles. The van der Waals surface area contributed by atoms with Crippen LogP contribution in [0.5, 0.6) is 0 Å². The van der Waals surface area contributed by atoms with Crippen molar-refractivity contribution in [2.45, 2.75) is 12.5 Å². The fourth-order valence-corrected chi connectivity index (χ4v) is 1.68. The van der Waals surface area contributed by atoms with Crippen LogP contribution in [0.4, 0.5) is 0 Å². The zero-order chi connectivity index (χ0) is 9.68. The summed E-state index contributed by atoms with van der Waals surface area (Å²) in [7, 11) is 0. The number of carbonyl (C=O) groups is 2. The molecule has 0 spiro atoms. The number of carbonyl (C=O) groups excluding carboxylic acids is 1. The van der Waals surface area contributed by atoms with Crippen LogP contribution in [-0.4, -0.2) is 23.5 Å². The van der Waals surface area contributed by atoms with Gasteiger partial charge in [-0.1, -0.05) is 6.07 Å². The third-order valence-corrected chi connectivity index (χ3v) is 2.45. The highest BCUT2D eigenvalue weighted by atomic mass is 32.1. The molecule has 1 aromatic heterocycles. The lowest BCUT2D eigenvalue weighted by atomic mass is 10.2. The summed E-state index contributed by atoms with van der Waals surface area (Å²) in [5.74, 6) is -1.01. The molecule has 0 saturated carbocycles. The van der Waals surface area contributed by atoms with Crippen molar-refractivity contribution in [2.24, 2.45) is 0 Å². The predicted molar refractivity (Wildman–Crippen MR) is 48.6 cm³/mol. The zero-order valence-corrected chi connectivity index (χ0v) is 7.58. The molecule has 4 nitrogen and oxygen atoms in total. The standard InChI is InChI=1S/C8H9NO3S/c10-5-9-7(8(11)12)4-6-2-1-3-13-6/h1-3,5,7H,4H2,(H,9,10)(H,11,12)/t7-/m0/s1. The van der Waals surface area contributed by atoms with Gasteiger partial charge in [-0.05, 0) is 11.4 Å². The Morgan fingerprint density at radius 1 is 1.77 bits per heavy atom. The first-order valence-electron chi connectivity index (χ1n) is 3.69. The Bertz CT molecular complexity index is 284. The van der Waals surface area contributed by atoms with Crippen LogP contribution in [0.1, 0.15) is 4.88 Å². The lowest BCUT2D eigenvalue weighted by Gasteiger charge is -2.08. The number of amides is 1. The first-order chi connectivity index (χ1) is 6.24. The van der Waals surface area contributed by atoms with Crippen molar-refractivity contribution < 1.29 is 14.7 Å². The van der Waals surface area contributed by atoms with Crippen molar-refractivity contribution >= 4 is 23.7 Å². The van der Waals surface area contributed by atoms with E-state index in [1.54, 1.807) is 0 Å². The van der Waals surface area contributed by atoms with E-state index in [-0.39, 0.29) is 0 Å². The number of hydrogen-bond acceptors (Lipinski definition) is 3. The van der Waals surface area contributed by atoms with E-state index >= 15 is 0 Å². The minimum absolute atomic E-state index is 0.339. The zero-order valence-electron chi connectivity index (χ0n) is 6.77. The van der Waals surface area contributed by atoms with E-state index in [0.29, 0.717) is 12.8 Å². The Hall–Kier alpha value is -1.36. The number of carboxylic acid groups (broad SMARTS) is 1. The maximum Gasteiger partial charge on any atom is 0.326 e. The fourth-order valence-electron chi connectivity index (χ4n) is 0.930. The van der Waals surface area contributed by atoms with Gasteiger partial charge in [0.05, 0.1) is 0 Å². The lowest BCUT2D eigenvalue weighted by Crippen LogP contribution is -2.37. The molecule has 1 atom stereocenters. The van der Waals surface area contributed by atoms with Gasteiger partial charge in [0, 0.05) is 11.3 Å². The first-order valence-corrected chi connectivity index (χ1v) is 4.57. The summed E-state index contributed by atoms with van der Waals surface area (Å²) >= 11 is 1.48. The molecule has 1 amide bonds. The van der Waals surface area contributed by atoms with E-state index in [0.717, 1.165) is 4.88 Å². The quantitative estimate of drug-likeness (QED) is 0.678. The monoisotopic (exact) mass is 199 g/mol. The molecule has 0 radical (unpaired) electrons. The highest BCUT2D eigenvalue weighted by Crippen LogP contribution is 2.10. The molecule has 0 fully saturated rings. The van der Waals surface area contributed by atoms with Crippen molar-refractivity contribution in [2.75, 3.05) is 0 Å². The van der Waals surface area contributed by atoms with E-state index < -0.39 is 12.0 Å².